The van der Waals surface area contributed by atoms with Gasteiger partial charge in [-0.3, -0.25) is 14.5 Å². The fourth-order valence-electron chi connectivity index (χ4n) is 3.94. The maximum atomic E-state index is 13.0. The summed E-state index contributed by atoms with van der Waals surface area (Å²) in [5.41, 5.74) is 1.17. The third kappa shape index (κ3) is 4.18. The van der Waals surface area contributed by atoms with E-state index in [9.17, 15) is 9.59 Å². The Morgan fingerprint density at radius 1 is 1.24 bits per heavy atom. The molecule has 1 amide bonds. The zero-order chi connectivity index (χ0) is 17.8. The van der Waals surface area contributed by atoms with Crippen molar-refractivity contribution in [1.82, 2.24) is 9.80 Å². The minimum absolute atomic E-state index is 0.0182. The van der Waals surface area contributed by atoms with E-state index in [1.807, 2.05) is 40.6 Å². The smallest absolute Gasteiger partial charge is 0.317 e. The molecular weight excluding hydrogens is 336 g/mol. The van der Waals surface area contributed by atoms with E-state index in [0.717, 1.165) is 44.6 Å². The molecule has 0 spiro atoms. The molecule has 1 N–H and O–H groups in total. The summed E-state index contributed by atoms with van der Waals surface area (Å²) in [6.07, 6.45) is 2.62. The maximum Gasteiger partial charge on any atom is 0.317 e. The number of carboxylic acids is 1. The number of hydrogen-bond acceptors (Lipinski definition) is 4. The van der Waals surface area contributed by atoms with Gasteiger partial charge in [0, 0.05) is 24.0 Å². The molecule has 0 aliphatic carbocycles. The van der Waals surface area contributed by atoms with Gasteiger partial charge in [0.1, 0.15) is 0 Å². The van der Waals surface area contributed by atoms with E-state index >= 15 is 0 Å². The number of carboxylic acid groups (broad SMARTS) is 1. The molecule has 0 radical (unpaired) electrons. The molecule has 1 saturated heterocycles. The van der Waals surface area contributed by atoms with Gasteiger partial charge in [-0.25, -0.2) is 0 Å². The molecule has 2 aliphatic rings. The monoisotopic (exact) mass is 362 g/mol. The number of nitrogens with zero attached hydrogens (tertiary/aromatic N) is 2. The van der Waals surface area contributed by atoms with Crippen molar-refractivity contribution in [2.24, 2.45) is 0 Å². The maximum absolute atomic E-state index is 13.0. The Morgan fingerprint density at radius 3 is 2.64 bits per heavy atom. The second-order valence-corrected chi connectivity index (χ2v) is 7.88. The summed E-state index contributed by atoms with van der Waals surface area (Å²) in [6, 6.07) is 8.51. The topological polar surface area (TPSA) is 60.9 Å². The number of fused-ring (bicyclic) bond motifs is 1. The lowest BCUT2D eigenvalue weighted by atomic mass is 9.93. The van der Waals surface area contributed by atoms with Crippen LogP contribution in [-0.4, -0.2) is 64.8 Å². The van der Waals surface area contributed by atoms with Gasteiger partial charge in [-0.2, -0.15) is 0 Å². The van der Waals surface area contributed by atoms with Crippen LogP contribution in [0.1, 0.15) is 37.7 Å². The molecule has 1 aromatic carbocycles. The number of likely N-dealkylation sites (N-methyl/N-ethyl adjacent to an activating group) is 1. The van der Waals surface area contributed by atoms with Crippen LogP contribution in [0.2, 0.25) is 0 Å². The molecule has 0 saturated carbocycles. The largest absolute Gasteiger partial charge is 0.480 e. The normalized spacial score (nSPS) is 21.2. The van der Waals surface area contributed by atoms with E-state index in [4.69, 9.17) is 5.11 Å². The van der Waals surface area contributed by atoms with Crippen molar-refractivity contribution in [2.75, 3.05) is 31.9 Å². The van der Waals surface area contributed by atoms with Crippen LogP contribution in [0.15, 0.2) is 29.2 Å². The Balaban J connectivity index is 1.62. The van der Waals surface area contributed by atoms with E-state index in [1.165, 1.54) is 10.5 Å². The Bertz CT molecular complexity index is 629. The van der Waals surface area contributed by atoms with Crippen LogP contribution in [0.25, 0.3) is 0 Å². The molecule has 2 heterocycles. The SMILES string of the molecule is CCN(CC(=O)O)C1CCN(C(=O)C2CCSc3ccccc32)CC1. The molecule has 5 nitrogen and oxygen atoms in total. The van der Waals surface area contributed by atoms with Crippen LogP contribution < -0.4 is 0 Å². The number of carbonyl (C=O) groups excluding carboxylic acids is 1. The molecule has 2 aliphatic heterocycles. The highest BCUT2D eigenvalue weighted by Gasteiger charge is 2.33. The quantitative estimate of drug-likeness (QED) is 0.873. The van der Waals surface area contributed by atoms with E-state index < -0.39 is 5.97 Å². The summed E-state index contributed by atoms with van der Waals surface area (Å²) in [5, 5.41) is 9.04. The number of amides is 1. The van der Waals surface area contributed by atoms with Gasteiger partial charge in [0.05, 0.1) is 12.5 Å². The second-order valence-electron chi connectivity index (χ2n) is 6.74. The zero-order valence-electron chi connectivity index (χ0n) is 14.7. The summed E-state index contributed by atoms with van der Waals surface area (Å²) in [6.45, 7) is 4.27. The molecule has 1 unspecified atom stereocenters. The summed E-state index contributed by atoms with van der Waals surface area (Å²) in [4.78, 5) is 29.3. The lowest BCUT2D eigenvalue weighted by Gasteiger charge is -2.39. The Hall–Kier alpha value is -1.53. The van der Waals surface area contributed by atoms with Gasteiger partial charge in [0.2, 0.25) is 5.91 Å². The standard InChI is InChI=1S/C19H26N2O3S/c1-2-20(13-18(22)23)14-7-10-21(11-8-14)19(24)16-9-12-25-17-6-4-3-5-15(16)17/h3-6,14,16H,2,7-13H2,1H3,(H,22,23). The third-order valence-corrected chi connectivity index (χ3v) is 6.42. The first-order valence-electron chi connectivity index (χ1n) is 9.06. The van der Waals surface area contributed by atoms with Gasteiger partial charge in [-0.1, -0.05) is 25.1 Å². The fourth-order valence-corrected chi connectivity index (χ4v) is 5.07. The summed E-state index contributed by atoms with van der Waals surface area (Å²) in [7, 11) is 0. The van der Waals surface area contributed by atoms with Crippen LogP contribution in [0.4, 0.5) is 0 Å². The first kappa shape index (κ1) is 18.3. The Kier molecular flexibility index (Phi) is 6.02. The van der Waals surface area contributed by atoms with Gasteiger partial charge >= 0.3 is 5.97 Å². The molecule has 1 fully saturated rings. The van der Waals surface area contributed by atoms with Crippen LogP contribution in [0.3, 0.4) is 0 Å². The average Bonchev–Trinajstić information content (AvgIpc) is 2.65. The van der Waals surface area contributed by atoms with Gasteiger partial charge in [-0.15, -0.1) is 11.8 Å². The predicted octanol–water partition coefficient (Wildman–Crippen LogP) is 2.66. The van der Waals surface area contributed by atoms with Gasteiger partial charge in [-0.05, 0) is 43.2 Å². The number of aliphatic carboxylic acids is 1. The highest BCUT2D eigenvalue weighted by Crippen LogP contribution is 2.38. The summed E-state index contributed by atoms with van der Waals surface area (Å²) in [5.74, 6) is 0.436. The number of hydrogen-bond donors (Lipinski definition) is 1. The Labute approximate surface area is 153 Å². The highest BCUT2D eigenvalue weighted by molar-refractivity contribution is 7.99. The van der Waals surface area contributed by atoms with Crippen LogP contribution >= 0.6 is 11.8 Å². The fraction of sp³-hybridized carbons (Fsp3) is 0.579. The van der Waals surface area contributed by atoms with E-state index in [1.54, 1.807) is 0 Å². The van der Waals surface area contributed by atoms with E-state index in [2.05, 4.69) is 12.1 Å². The van der Waals surface area contributed by atoms with Crippen molar-refractivity contribution in [2.45, 2.75) is 43.0 Å². The van der Waals surface area contributed by atoms with Gasteiger partial charge < -0.3 is 10.0 Å². The molecule has 0 aromatic heterocycles. The first-order valence-corrected chi connectivity index (χ1v) is 10.0. The molecule has 6 heteroatoms. The number of rotatable bonds is 5. The summed E-state index contributed by atoms with van der Waals surface area (Å²) >= 11 is 1.84. The number of carbonyl (C=O) groups is 2. The molecule has 136 valence electrons. The molecule has 1 aromatic rings. The molecular formula is C19H26N2O3S. The lowest BCUT2D eigenvalue weighted by molar-refractivity contribution is -0.140. The van der Waals surface area contributed by atoms with E-state index in [0.29, 0.717) is 0 Å². The number of piperidine rings is 1. The highest BCUT2D eigenvalue weighted by atomic mass is 32.2. The second kappa shape index (κ2) is 8.23. The Morgan fingerprint density at radius 2 is 1.96 bits per heavy atom. The molecule has 25 heavy (non-hydrogen) atoms. The van der Waals surface area contributed by atoms with Crippen molar-refractivity contribution < 1.29 is 14.7 Å². The number of thioether (sulfide) groups is 1. The minimum atomic E-state index is -0.781. The summed E-state index contributed by atoms with van der Waals surface area (Å²) < 4.78 is 0. The van der Waals surface area contributed by atoms with Gasteiger partial charge in [0.15, 0.2) is 0 Å². The van der Waals surface area contributed by atoms with E-state index in [-0.39, 0.29) is 24.4 Å². The molecule has 0 bridgehead atoms. The number of benzene rings is 1. The van der Waals surface area contributed by atoms with Crippen molar-refractivity contribution in [3.63, 3.8) is 0 Å². The average molecular weight is 362 g/mol. The zero-order valence-corrected chi connectivity index (χ0v) is 15.5. The molecule has 3 rings (SSSR count). The minimum Gasteiger partial charge on any atom is -0.480 e. The third-order valence-electron chi connectivity index (χ3n) is 5.29. The van der Waals surface area contributed by atoms with Gasteiger partial charge in [0.25, 0.3) is 0 Å². The predicted molar refractivity (Wildman–Crippen MR) is 99.0 cm³/mol. The van der Waals surface area contributed by atoms with Crippen molar-refractivity contribution in [3.05, 3.63) is 29.8 Å². The van der Waals surface area contributed by atoms with Crippen molar-refractivity contribution in [3.8, 4) is 0 Å². The van der Waals surface area contributed by atoms with Crippen molar-refractivity contribution >= 4 is 23.6 Å². The van der Waals surface area contributed by atoms with Crippen LogP contribution in [0, 0.1) is 0 Å². The lowest BCUT2D eigenvalue weighted by Crippen LogP contribution is -2.49. The first-order chi connectivity index (χ1) is 12.1. The van der Waals surface area contributed by atoms with Crippen LogP contribution in [0.5, 0.6) is 0 Å². The number of likely N-dealkylation sites (tertiary alicyclic amines) is 1. The van der Waals surface area contributed by atoms with Crippen molar-refractivity contribution in [1.29, 1.82) is 0 Å². The van der Waals surface area contributed by atoms with Crippen LogP contribution in [-0.2, 0) is 9.59 Å². The molecule has 1 atom stereocenters.